The molecule has 19 heteroatoms. The first kappa shape index (κ1) is 38.0. The number of ether oxygens (including phenoxy) is 6. The molecule has 0 amide bonds. The third-order valence-electron chi connectivity index (χ3n) is 9.64. The largest absolute Gasteiger partial charge is 0.396 e. The fraction of sp³-hybridized carbons (Fsp3) is 1.00. The molecule has 3 aliphatic heterocycles. The zero-order chi connectivity index (χ0) is 34.2. The van der Waals surface area contributed by atoms with Crippen molar-refractivity contribution in [3.8, 4) is 0 Å². The van der Waals surface area contributed by atoms with Crippen molar-refractivity contribution in [1.29, 1.82) is 0 Å². The molecule has 1 aliphatic carbocycles. The minimum absolute atomic E-state index is 0.0627. The van der Waals surface area contributed by atoms with Gasteiger partial charge in [0.05, 0.1) is 32.0 Å². The van der Waals surface area contributed by atoms with Crippen molar-refractivity contribution in [2.75, 3.05) is 26.4 Å². The summed E-state index contributed by atoms with van der Waals surface area (Å²) >= 11 is 0. The molecular formula is C27H48O19. The second-order valence-corrected chi connectivity index (χ2v) is 12.9. The molecular weight excluding hydrogens is 628 g/mol. The van der Waals surface area contributed by atoms with Crippen LogP contribution in [0.3, 0.4) is 0 Å². The summed E-state index contributed by atoms with van der Waals surface area (Å²) in [5.74, 6) is -0.505. The minimum Gasteiger partial charge on any atom is -0.396 e. The normalized spacial score (nSPS) is 51.6. The molecule has 4 aliphatic rings. The van der Waals surface area contributed by atoms with E-state index in [1.807, 2.05) is 0 Å². The SMILES string of the molecule is CC1(C)C(CO)CC(OC2C(CO)OC(OC3C(CO)OC(OC4OC(CO)C(O)C(O)C4O)C(O)C3O)C(O)C2O)C(O)C1O. The van der Waals surface area contributed by atoms with Crippen LogP contribution in [0.15, 0.2) is 0 Å². The first-order valence-corrected chi connectivity index (χ1v) is 15.1. The Morgan fingerprint density at radius 2 is 0.935 bits per heavy atom. The van der Waals surface area contributed by atoms with E-state index < -0.39 is 142 Å². The smallest absolute Gasteiger partial charge is 0.189 e. The quantitative estimate of drug-likeness (QED) is 0.102. The molecule has 0 aromatic rings. The molecule has 19 unspecified atom stereocenters. The number of hydrogen-bond donors (Lipinski definition) is 13. The van der Waals surface area contributed by atoms with Gasteiger partial charge in [-0.3, -0.25) is 0 Å². The van der Waals surface area contributed by atoms with Gasteiger partial charge in [-0.25, -0.2) is 0 Å². The van der Waals surface area contributed by atoms with Crippen LogP contribution < -0.4 is 0 Å². The molecule has 270 valence electrons. The first-order valence-electron chi connectivity index (χ1n) is 15.1. The lowest BCUT2D eigenvalue weighted by molar-refractivity contribution is -0.393. The van der Waals surface area contributed by atoms with Gasteiger partial charge in [0.25, 0.3) is 0 Å². The number of aliphatic hydroxyl groups excluding tert-OH is 13. The Kier molecular flexibility index (Phi) is 12.8. The van der Waals surface area contributed by atoms with Crippen LogP contribution in [-0.4, -0.2) is 203 Å². The fourth-order valence-corrected chi connectivity index (χ4v) is 6.39. The Morgan fingerprint density at radius 3 is 1.41 bits per heavy atom. The third kappa shape index (κ3) is 7.24. The van der Waals surface area contributed by atoms with Crippen LogP contribution in [0.25, 0.3) is 0 Å². The van der Waals surface area contributed by atoms with Gasteiger partial charge >= 0.3 is 0 Å². The average Bonchev–Trinajstić information content (AvgIpc) is 3.03. The molecule has 0 bridgehead atoms. The van der Waals surface area contributed by atoms with Gasteiger partial charge in [-0.05, 0) is 17.8 Å². The molecule has 19 nitrogen and oxygen atoms in total. The van der Waals surface area contributed by atoms with Crippen molar-refractivity contribution in [2.24, 2.45) is 11.3 Å². The Bertz CT molecular complexity index is 950. The molecule has 19 atom stereocenters. The second kappa shape index (κ2) is 15.4. The van der Waals surface area contributed by atoms with E-state index in [-0.39, 0.29) is 13.0 Å². The van der Waals surface area contributed by atoms with E-state index in [0.29, 0.717) is 0 Å². The van der Waals surface area contributed by atoms with E-state index in [1.54, 1.807) is 13.8 Å². The lowest BCUT2D eigenvalue weighted by Gasteiger charge is -2.50. The third-order valence-corrected chi connectivity index (χ3v) is 9.64. The van der Waals surface area contributed by atoms with E-state index in [1.165, 1.54) is 0 Å². The van der Waals surface area contributed by atoms with Gasteiger partial charge in [0.2, 0.25) is 0 Å². The number of hydrogen-bond acceptors (Lipinski definition) is 19. The van der Waals surface area contributed by atoms with E-state index in [4.69, 9.17) is 28.4 Å². The molecule has 0 aromatic carbocycles. The van der Waals surface area contributed by atoms with Gasteiger partial charge in [-0.15, -0.1) is 0 Å². The van der Waals surface area contributed by atoms with Crippen LogP contribution >= 0.6 is 0 Å². The Morgan fingerprint density at radius 1 is 0.500 bits per heavy atom. The number of rotatable bonds is 10. The highest BCUT2D eigenvalue weighted by atomic mass is 16.8. The lowest BCUT2D eigenvalue weighted by Crippen LogP contribution is -2.67. The van der Waals surface area contributed by atoms with Crippen molar-refractivity contribution >= 4 is 0 Å². The zero-order valence-electron chi connectivity index (χ0n) is 25.3. The lowest BCUT2D eigenvalue weighted by atomic mass is 9.65. The summed E-state index contributed by atoms with van der Waals surface area (Å²) in [6.45, 7) is 0.579. The second-order valence-electron chi connectivity index (χ2n) is 12.9. The number of aliphatic hydroxyl groups is 13. The molecule has 4 fully saturated rings. The molecule has 13 N–H and O–H groups in total. The summed E-state index contributed by atoms with van der Waals surface area (Å²) in [4.78, 5) is 0. The highest BCUT2D eigenvalue weighted by Crippen LogP contribution is 2.43. The van der Waals surface area contributed by atoms with Crippen molar-refractivity contribution in [3.05, 3.63) is 0 Å². The fourth-order valence-electron chi connectivity index (χ4n) is 6.39. The summed E-state index contributed by atoms with van der Waals surface area (Å²) in [5.41, 5.74) is -0.875. The zero-order valence-corrected chi connectivity index (χ0v) is 25.3. The maximum absolute atomic E-state index is 11.0. The highest BCUT2D eigenvalue weighted by Gasteiger charge is 2.55. The summed E-state index contributed by atoms with van der Waals surface area (Å²) in [5, 5.41) is 134. The summed E-state index contributed by atoms with van der Waals surface area (Å²) in [6.07, 6.45) is -29.6. The van der Waals surface area contributed by atoms with Gasteiger partial charge in [0.15, 0.2) is 18.9 Å². The average molecular weight is 677 g/mol. The maximum Gasteiger partial charge on any atom is 0.189 e. The Labute approximate surface area is 263 Å². The standard InChI is InChI=1S/C27H48O19/c1-27(2)8(4-28)3-9(14(33)23(27)40)41-21-11(6-30)43-24(19(38)16(21)35)45-22-12(7-31)44-26(20(39)17(22)36)46-25-18(37)15(34)13(32)10(5-29)42-25/h8-26,28-40H,3-7H2,1-2H3. The Hall–Kier alpha value is -0.760. The predicted octanol–water partition coefficient (Wildman–Crippen LogP) is -7.42. The molecule has 4 rings (SSSR count). The molecule has 3 heterocycles. The first-order chi connectivity index (χ1) is 21.6. The summed E-state index contributed by atoms with van der Waals surface area (Å²) in [6, 6.07) is 0. The van der Waals surface area contributed by atoms with E-state index in [2.05, 4.69) is 0 Å². The molecule has 0 radical (unpaired) electrons. The van der Waals surface area contributed by atoms with E-state index >= 15 is 0 Å². The highest BCUT2D eigenvalue weighted by molar-refractivity contribution is 5.01. The monoisotopic (exact) mass is 676 g/mol. The summed E-state index contributed by atoms with van der Waals surface area (Å²) in [7, 11) is 0. The van der Waals surface area contributed by atoms with Crippen LogP contribution in [-0.2, 0) is 28.4 Å². The predicted molar refractivity (Wildman–Crippen MR) is 145 cm³/mol. The minimum atomic E-state index is -1.97. The topological polar surface area (TPSA) is 318 Å². The van der Waals surface area contributed by atoms with Crippen molar-refractivity contribution < 1.29 is 94.8 Å². The van der Waals surface area contributed by atoms with Crippen molar-refractivity contribution in [2.45, 2.75) is 131 Å². The van der Waals surface area contributed by atoms with Crippen molar-refractivity contribution in [1.82, 2.24) is 0 Å². The molecule has 0 spiro atoms. The van der Waals surface area contributed by atoms with E-state index in [9.17, 15) is 66.4 Å². The van der Waals surface area contributed by atoms with Gasteiger partial charge in [0, 0.05) is 6.61 Å². The van der Waals surface area contributed by atoms with Gasteiger partial charge < -0.3 is 94.8 Å². The van der Waals surface area contributed by atoms with E-state index in [0.717, 1.165) is 0 Å². The van der Waals surface area contributed by atoms with Crippen LogP contribution in [0.5, 0.6) is 0 Å². The van der Waals surface area contributed by atoms with Gasteiger partial charge in [-0.1, -0.05) is 13.8 Å². The molecule has 46 heavy (non-hydrogen) atoms. The van der Waals surface area contributed by atoms with Crippen LogP contribution in [0.4, 0.5) is 0 Å². The molecule has 1 saturated carbocycles. The van der Waals surface area contributed by atoms with Crippen LogP contribution in [0.1, 0.15) is 20.3 Å². The maximum atomic E-state index is 11.0. The van der Waals surface area contributed by atoms with Crippen LogP contribution in [0, 0.1) is 11.3 Å². The van der Waals surface area contributed by atoms with Gasteiger partial charge in [0.1, 0.15) is 79.4 Å². The Balaban J connectivity index is 1.43. The van der Waals surface area contributed by atoms with Crippen LogP contribution in [0.2, 0.25) is 0 Å². The molecule has 0 aromatic heterocycles. The molecule has 3 saturated heterocycles. The van der Waals surface area contributed by atoms with Crippen molar-refractivity contribution in [3.63, 3.8) is 0 Å². The summed E-state index contributed by atoms with van der Waals surface area (Å²) < 4.78 is 33.2. The van der Waals surface area contributed by atoms with Gasteiger partial charge in [-0.2, -0.15) is 0 Å².